The predicted octanol–water partition coefficient (Wildman–Crippen LogP) is 5.37. The lowest BCUT2D eigenvalue weighted by Gasteiger charge is -2.13. The molecule has 4 heterocycles. The maximum absolute atomic E-state index is 10.0. The van der Waals surface area contributed by atoms with Gasteiger partial charge in [0.15, 0.2) is 0 Å². The van der Waals surface area contributed by atoms with Crippen LogP contribution in [0, 0.1) is 38.7 Å². The Morgan fingerprint density at radius 3 is 2.76 bits per heavy atom. The zero-order valence-electron chi connectivity index (χ0n) is 19.1. The molecule has 0 radical (unpaired) electrons. The van der Waals surface area contributed by atoms with Crippen molar-refractivity contribution in [2.45, 2.75) is 26.7 Å². The van der Waals surface area contributed by atoms with E-state index in [0.717, 1.165) is 28.2 Å². The third-order valence-electron chi connectivity index (χ3n) is 5.68. The van der Waals surface area contributed by atoms with Crippen molar-refractivity contribution in [3.63, 3.8) is 0 Å². The van der Waals surface area contributed by atoms with Crippen LogP contribution in [0.25, 0.3) is 16.8 Å². The van der Waals surface area contributed by atoms with Crippen molar-refractivity contribution >= 4 is 23.2 Å². The standard InChI is InChI=1S/C25H23N5O3/c1-14-7-17(16(3)30(14)25-22(27-4)8-15(2)33-25)9-18(11-26)24-20(13-31-5)19-12-28-23(32-6)10-21(19)29-24/h7-10,12,20H,13H2,1-3,5-6H3/b18-9+. The predicted molar refractivity (Wildman–Crippen MR) is 125 cm³/mol. The second-order valence-corrected chi connectivity index (χ2v) is 7.78. The van der Waals surface area contributed by atoms with Gasteiger partial charge in [-0.05, 0) is 44.5 Å². The number of aromatic nitrogens is 2. The highest BCUT2D eigenvalue weighted by Gasteiger charge is 2.31. The number of aryl methyl sites for hydroxylation is 2. The lowest BCUT2D eigenvalue weighted by Crippen LogP contribution is -2.16. The Morgan fingerprint density at radius 2 is 2.09 bits per heavy atom. The van der Waals surface area contributed by atoms with Crippen molar-refractivity contribution < 1.29 is 13.9 Å². The molecule has 33 heavy (non-hydrogen) atoms. The lowest BCUT2D eigenvalue weighted by atomic mass is 9.93. The molecule has 0 saturated carbocycles. The molecule has 1 atom stereocenters. The summed E-state index contributed by atoms with van der Waals surface area (Å²) in [6.45, 7) is 13.5. The summed E-state index contributed by atoms with van der Waals surface area (Å²) >= 11 is 0. The molecule has 0 bridgehead atoms. The minimum absolute atomic E-state index is 0.209. The Balaban J connectivity index is 1.80. The highest BCUT2D eigenvalue weighted by molar-refractivity contribution is 6.14. The number of aliphatic imine (C=N–C) groups is 1. The van der Waals surface area contributed by atoms with E-state index in [1.165, 1.54) is 0 Å². The van der Waals surface area contributed by atoms with Crippen LogP contribution in [0.15, 0.2) is 39.4 Å². The maximum atomic E-state index is 10.0. The molecule has 1 aliphatic rings. The van der Waals surface area contributed by atoms with Gasteiger partial charge in [-0.2, -0.15) is 5.26 Å². The van der Waals surface area contributed by atoms with Gasteiger partial charge in [-0.25, -0.2) is 9.83 Å². The molecule has 1 aliphatic heterocycles. The van der Waals surface area contributed by atoms with Crippen molar-refractivity contribution in [1.82, 2.24) is 9.55 Å². The van der Waals surface area contributed by atoms with Crippen molar-refractivity contribution in [1.29, 1.82) is 5.26 Å². The van der Waals surface area contributed by atoms with Crippen LogP contribution in [0.1, 0.15) is 34.2 Å². The third-order valence-corrected chi connectivity index (χ3v) is 5.68. The molecular formula is C25H23N5O3. The average molecular weight is 441 g/mol. The van der Waals surface area contributed by atoms with Gasteiger partial charge in [0, 0.05) is 36.3 Å². The van der Waals surface area contributed by atoms with E-state index in [4.69, 9.17) is 25.5 Å². The molecule has 0 N–H and O–H groups in total. The molecule has 0 saturated heterocycles. The van der Waals surface area contributed by atoms with Crippen LogP contribution in [-0.2, 0) is 4.74 Å². The molecule has 0 amide bonds. The van der Waals surface area contributed by atoms with Gasteiger partial charge in [0.1, 0.15) is 6.07 Å². The zero-order chi connectivity index (χ0) is 23.7. The minimum Gasteiger partial charge on any atom is -0.481 e. The molecular weight excluding hydrogens is 418 g/mol. The first-order chi connectivity index (χ1) is 15.9. The van der Waals surface area contributed by atoms with E-state index in [0.29, 0.717) is 41.1 Å². The number of ether oxygens (including phenoxy) is 2. The van der Waals surface area contributed by atoms with Gasteiger partial charge in [0.2, 0.25) is 17.5 Å². The van der Waals surface area contributed by atoms with Gasteiger partial charge >= 0.3 is 0 Å². The van der Waals surface area contributed by atoms with Crippen molar-refractivity contribution in [3.05, 3.63) is 69.7 Å². The number of hydrogen-bond donors (Lipinski definition) is 0. The summed E-state index contributed by atoms with van der Waals surface area (Å²) in [7, 11) is 3.17. The number of hydrogen-bond acceptors (Lipinski definition) is 6. The van der Waals surface area contributed by atoms with Gasteiger partial charge in [-0.15, -0.1) is 0 Å². The first-order valence-electron chi connectivity index (χ1n) is 10.3. The van der Waals surface area contributed by atoms with E-state index in [2.05, 4.69) is 15.9 Å². The molecule has 0 fully saturated rings. The van der Waals surface area contributed by atoms with E-state index >= 15 is 0 Å². The second-order valence-electron chi connectivity index (χ2n) is 7.78. The molecule has 4 rings (SSSR count). The van der Waals surface area contributed by atoms with E-state index in [1.807, 2.05) is 37.5 Å². The summed E-state index contributed by atoms with van der Waals surface area (Å²) in [6.07, 6.45) is 3.55. The lowest BCUT2D eigenvalue weighted by molar-refractivity contribution is 0.196. The van der Waals surface area contributed by atoms with Crippen LogP contribution in [0.2, 0.25) is 0 Å². The van der Waals surface area contributed by atoms with Crippen LogP contribution in [0.4, 0.5) is 11.4 Å². The van der Waals surface area contributed by atoms with Crippen molar-refractivity contribution in [2.24, 2.45) is 4.99 Å². The second kappa shape index (κ2) is 8.78. The Hall–Kier alpha value is -4.14. The largest absolute Gasteiger partial charge is 0.481 e. The third kappa shape index (κ3) is 3.82. The smallest absolute Gasteiger partial charge is 0.249 e. The minimum atomic E-state index is -0.209. The monoisotopic (exact) mass is 441 g/mol. The molecule has 1 unspecified atom stereocenters. The number of furan rings is 1. The Kier molecular flexibility index (Phi) is 5.87. The van der Waals surface area contributed by atoms with Crippen LogP contribution >= 0.6 is 0 Å². The van der Waals surface area contributed by atoms with Crippen LogP contribution in [0.5, 0.6) is 5.88 Å². The molecule has 0 aliphatic carbocycles. The topological polar surface area (TPSA) is 89.9 Å². The Morgan fingerprint density at radius 1 is 1.30 bits per heavy atom. The molecule has 3 aromatic rings. The van der Waals surface area contributed by atoms with E-state index in [9.17, 15) is 5.26 Å². The highest BCUT2D eigenvalue weighted by Crippen LogP contribution is 2.40. The number of rotatable bonds is 6. The highest BCUT2D eigenvalue weighted by atomic mass is 16.5. The van der Waals surface area contributed by atoms with Gasteiger partial charge < -0.3 is 13.9 Å². The SMILES string of the molecule is [C-]#[N+]c1cc(C)oc1-n1c(C)cc(/C=C(\C#N)C2=Nc3cc(OC)ncc3C2COC)c1C. The molecule has 3 aromatic heterocycles. The average Bonchev–Trinajstić information content (AvgIpc) is 3.44. The number of nitriles is 1. The van der Waals surface area contributed by atoms with Gasteiger partial charge in [0.05, 0.1) is 48.9 Å². The number of allylic oxidation sites excluding steroid dienone is 1. The van der Waals surface area contributed by atoms with E-state index < -0.39 is 0 Å². The van der Waals surface area contributed by atoms with E-state index in [-0.39, 0.29) is 5.92 Å². The van der Waals surface area contributed by atoms with Crippen LogP contribution in [0.3, 0.4) is 0 Å². The van der Waals surface area contributed by atoms with Gasteiger partial charge in [0.25, 0.3) is 0 Å². The number of fused-ring (bicyclic) bond motifs is 1. The number of methoxy groups -OCH3 is 2. The fraction of sp³-hybridized carbons (Fsp3) is 0.280. The first kappa shape index (κ1) is 22.1. The molecule has 0 aromatic carbocycles. The maximum Gasteiger partial charge on any atom is 0.249 e. The summed E-state index contributed by atoms with van der Waals surface area (Å²) in [5, 5.41) is 10.0. The van der Waals surface area contributed by atoms with Crippen LogP contribution < -0.4 is 4.74 Å². The van der Waals surface area contributed by atoms with Crippen molar-refractivity contribution in [2.75, 3.05) is 20.8 Å². The Labute approximate surface area is 192 Å². The van der Waals surface area contributed by atoms with Crippen molar-refractivity contribution in [3.8, 4) is 17.8 Å². The summed E-state index contributed by atoms with van der Waals surface area (Å²) in [6, 6.07) is 7.76. The van der Waals surface area contributed by atoms with Gasteiger partial charge in [-0.3, -0.25) is 9.56 Å². The van der Waals surface area contributed by atoms with Gasteiger partial charge in [-0.1, -0.05) is 0 Å². The Bertz CT molecular complexity index is 1380. The number of nitrogens with zero attached hydrogens (tertiary/aromatic N) is 5. The quantitative estimate of drug-likeness (QED) is 0.379. The van der Waals surface area contributed by atoms with Crippen LogP contribution in [-0.4, -0.2) is 36.1 Å². The molecule has 8 nitrogen and oxygen atoms in total. The number of pyridine rings is 1. The zero-order valence-corrected chi connectivity index (χ0v) is 19.1. The molecule has 0 spiro atoms. The van der Waals surface area contributed by atoms with E-state index in [1.54, 1.807) is 32.5 Å². The summed E-state index contributed by atoms with van der Waals surface area (Å²) < 4.78 is 18.4. The fourth-order valence-electron chi connectivity index (χ4n) is 4.15. The fourth-order valence-corrected chi connectivity index (χ4v) is 4.15. The molecule has 8 heteroatoms. The normalized spacial score (nSPS) is 15.1. The first-order valence-corrected chi connectivity index (χ1v) is 10.3. The summed E-state index contributed by atoms with van der Waals surface area (Å²) in [5.41, 5.74) is 5.74. The summed E-state index contributed by atoms with van der Waals surface area (Å²) in [4.78, 5) is 12.6. The molecule has 166 valence electrons. The summed E-state index contributed by atoms with van der Waals surface area (Å²) in [5.74, 6) is 1.41.